The van der Waals surface area contributed by atoms with Gasteiger partial charge in [0.15, 0.2) is 11.4 Å². The third kappa shape index (κ3) is 2.38. The van der Waals surface area contributed by atoms with Crippen molar-refractivity contribution in [3.8, 4) is 10.7 Å². The van der Waals surface area contributed by atoms with Crippen LogP contribution < -0.4 is 5.32 Å². The van der Waals surface area contributed by atoms with E-state index in [9.17, 15) is 0 Å². The molecule has 0 aliphatic rings. The van der Waals surface area contributed by atoms with Crippen LogP contribution in [0, 0.1) is 0 Å². The van der Waals surface area contributed by atoms with Crippen molar-refractivity contribution in [2.24, 2.45) is 0 Å². The molecular weight excluding hydrogens is 286 g/mol. The minimum Gasteiger partial charge on any atom is -0.424 e. The summed E-state index contributed by atoms with van der Waals surface area (Å²) in [5, 5.41) is 12.2. The van der Waals surface area contributed by atoms with Gasteiger partial charge in [-0.05, 0) is 23.6 Å². The van der Waals surface area contributed by atoms with Crippen molar-refractivity contribution in [2.45, 2.75) is 6.54 Å². The highest BCUT2D eigenvalue weighted by Crippen LogP contribution is 2.21. The summed E-state index contributed by atoms with van der Waals surface area (Å²) in [5.74, 6) is 1.44. The topological polar surface area (TPSA) is 79.6 Å². The highest BCUT2D eigenvalue weighted by atomic mass is 32.1. The van der Waals surface area contributed by atoms with Crippen molar-refractivity contribution in [1.82, 2.24) is 20.2 Å². The number of nitrogens with one attached hydrogen (secondary N) is 2. The second kappa shape index (κ2) is 5.02. The molecule has 3 aromatic heterocycles. The molecule has 0 bridgehead atoms. The van der Waals surface area contributed by atoms with Crippen molar-refractivity contribution in [3.05, 3.63) is 47.6 Å². The van der Waals surface area contributed by atoms with Crippen LogP contribution >= 0.6 is 11.3 Å². The fraction of sp³-hybridized carbons (Fsp3) is 0.0714. The Bertz CT molecular complexity index is 831. The standard InChI is InChI=1S/C14H11N5OS/c1-2-5-10-9(4-1)16-14(20-10)15-8-12-17-13(19-18-12)11-6-3-7-21-11/h1-7H,8H2,(H,15,16)(H,17,18,19). The molecule has 0 unspecified atom stereocenters. The largest absolute Gasteiger partial charge is 0.424 e. The SMILES string of the molecule is c1csc(-c2n[nH]c(CNc3nc4ccccc4o3)n2)c1. The summed E-state index contributed by atoms with van der Waals surface area (Å²) in [5.41, 5.74) is 1.59. The quantitative estimate of drug-likeness (QED) is 0.604. The number of fused-ring (bicyclic) bond motifs is 1. The molecule has 104 valence electrons. The predicted molar refractivity (Wildman–Crippen MR) is 81.0 cm³/mol. The number of para-hydroxylation sites is 2. The molecule has 0 spiro atoms. The average Bonchev–Trinajstić information content (AvgIpc) is 3.23. The molecule has 1 aromatic carbocycles. The van der Waals surface area contributed by atoms with Gasteiger partial charge in [0.25, 0.3) is 6.01 Å². The fourth-order valence-electron chi connectivity index (χ4n) is 2.00. The number of hydrogen-bond acceptors (Lipinski definition) is 6. The van der Waals surface area contributed by atoms with Crippen LogP contribution in [0.3, 0.4) is 0 Å². The molecule has 6 nitrogen and oxygen atoms in total. The van der Waals surface area contributed by atoms with Gasteiger partial charge >= 0.3 is 0 Å². The van der Waals surface area contributed by atoms with Crippen LogP contribution in [0.15, 0.2) is 46.2 Å². The van der Waals surface area contributed by atoms with E-state index in [1.807, 2.05) is 41.8 Å². The third-order valence-corrected chi connectivity index (χ3v) is 3.84. The third-order valence-electron chi connectivity index (χ3n) is 2.97. The molecule has 2 N–H and O–H groups in total. The lowest BCUT2D eigenvalue weighted by Gasteiger charge is -1.96. The van der Waals surface area contributed by atoms with Crippen molar-refractivity contribution in [1.29, 1.82) is 0 Å². The predicted octanol–water partition coefficient (Wildman–Crippen LogP) is 3.29. The molecule has 0 atom stereocenters. The average molecular weight is 297 g/mol. The van der Waals surface area contributed by atoms with Gasteiger partial charge in [0.2, 0.25) is 0 Å². The molecule has 0 saturated carbocycles. The highest BCUT2D eigenvalue weighted by Gasteiger charge is 2.08. The van der Waals surface area contributed by atoms with Crippen LogP contribution in [0.1, 0.15) is 5.82 Å². The minimum atomic E-state index is 0.477. The Morgan fingerprint density at radius 1 is 1.14 bits per heavy atom. The van der Waals surface area contributed by atoms with Crippen LogP contribution in [0.2, 0.25) is 0 Å². The molecule has 0 aliphatic heterocycles. The van der Waals surface area contributed by atoms with Gasteiger partial charge in [-0.25, -0.2) is 4.98 Å². The summed E-state index contributed by atoms with van der Waals surface area (Å²) in [6.45, 7) is 0.477. The van der Waals surface area contributed by atoms with E-state index in [1.54, 1.807) is 11.3 Å². The van der Waals surface area contributed by atoms with Crippen molar-refractivity contribution in [3.63, 3.8) is 0 Å². The first-order valence-corrected chi connectivity index (χ1v) is 7.31. The lowest BCUT2D eigenvalue weighted by molar-refractivity contribution is 0.613. The zero-order chi connectivity index (χ0) is 14.1. The second-order valence-electron chi connectivity index (χ2n) is 4.42. The Kier molecular flexibility index (Phi) is 2.89. The Morgan fingerprint density at radius 3 is 2.95 bits per heavy atom. The van der Waals surface area contributed by atoms with E-state index in [0.29, 0.717) is 18.4 Å². The van der Waals surface area contributed by atoms with Crippen molar-refractivity contribution in [2.75, 3.05) is 5.32 Å². The molecule has 0 amide bonds. The lowest BCUT2D eigenvalue weighted by Crippen LogP contribution is -2.01. The molecule has 4 aromatic rings. The summed E-state index contributed by atoms with van der Waals surface area (Å²) in [6.07, 6.45) is 0. The maximum absolute atomic E-state index is 5.59. The van der Waals surface area contributed by atoms with Crippen LogP contribution in [-0.2, 0) is 6.54 Å². The molecule has 0 saturated heterocycles. The summed E-state index contributed by atoms with van der Waals surface area (Å²) in [7, 11) is 0. The first-order valence-electron chi connectivity index (χ1n) is 6.43. The van der Waals surface area contributed by atoms with Gasteiger partial charge in [0.05, 0.1) is 11.4 Å². The monoisotopic (exact) mass is 297 g/mol. The number of aromatic nitrogens is 4. The molecule has 0 fully saturated rings. The molecule has 4 rings (SSSR count). The van der Waals surface area contributed by atoms with Crippen LogP contribution in [0.25, 0.3) is 21.8 Å². The molecule has 3 heterocycles. The van der Waals surface area contributed by atoms with E-state index < -0.39 is 0 Å². The van der Waals surface area contributed by atoms with E-state index in [4.69, 9.17) is 4.42 Å². The first kappa shape index (κ1) is 12.1. The van der Waals surface area contributed by atoms with Gasteiger partial charge in [0.1, 0.15) is 11.3 Å². The number of H-pyrrole nitrogens is 1. The van der Waals surface area contributed by atoms with Crippen LogP contribution in [0.5, 0.6) is 0 Å². The summed E-state index contributed by atoms with van der Waals surface area (Å²) >= 11 is 1.61. The first-order chi connectivity index (χ1) is 10.4. The smallest absolute Gasteiger partial charge is 0.296 e. The molecule has 0 aliphatic carbocycles. The zero-order valence-corrected chi connectivity index (χ0v) is 11.7. The van der Waals surface area contributed by atoms with Gasteiger partial charge in [0, 0.05) is 0 Å². The number of benzene rings is 1. The second-order valence-corrected chi connectivity index (χ2v) is 5.37. The van der Waals surface area contributed by atoms with E-state index in [2.05, 4.69) is 25.5 Å². The van der Waals surface area contributed by atoms with Gasteiger partial charge in [-0.1, -0.05) is 18.2 Å². The summed E-state index contributed by atoms with van der Waals surface area (Å²) in [6, 6.07) is 12.1. The molecule has 7 heteroatoms. The van der Waals surface area contributed by atoms with E-state index >= 15 is 0 Å². The number of nitrogens with zero attached hydrogens (tertiary/aromatic N) is 3. The summed E-state index contributed by atoms with van der Waals surface area (Å²) < 4.78 is 5.59. The van der Waals surface area contributed by atoms with E-state index in [0.717, 1.165) is 21.8 Å². The minimum absolute atomic E-state index is 0.477. The Hall–Kier alpha value is -2.67. The van der Waals surface area contributed by atoms with E-state index in [-0.39, 0.29) is 0 Å². The molecule has 0 radical (unpaired) electrons. The molecule has 21 heavy (non-hydrogen) atoms. The van der Waals surface area contributed by atoms with Crippen LogP contribution in [0.4, 0.5) is 6.01 Å². The highest BCUT2D eigenvalue weighted by molar-refractivity contribution is 7.13. The van der Waals surface area contributed by atoms with Crippen molar-refractivity contribution >= 4 is 28.5 Å². The van der Waals surface area contributed by atoms with Gasteiger partial charge < -0.3 is 9.73 Å². The zero-order valence-electron chi connectivity index (χ0n) is 10.9. The number of aromatic amines is 1. The number of hydrogen-bond donors (Lipinski definition) is 2. The van der Waals surface area contributed by atoms with Gasteiger partial charge in [-0.15, -0.1) is 11.3 Å². The molecular formula is C14H11N5OS. The van der Waals surface area contributed by atoms with E-state index in [1.165, 1.54) is 0 Å². The Balaban J connectivity index is 1.49. The Labute approximate surface area is 123 Å². The number of thiophene rings is 1. The number of oxazole rings is 1. The normalized spacial score (nSPS) is 11.0. The maximum Gasteiger partial charge on any atom is 0.296 e. The maximum atomic E-state index is 5.59. The van der Waals surface area contributed by atoms with Crippen LogP contribution in [-0.4, -0.2) is 20.2 Å². The van der Waals surface area contributed by atoms with Crippen molar-refractivity contribution < 1.29 is 4.42 Å². The Morgan fingerprint density at radius 2 is 2.10 bits per heavy atom. The number of rotatable bonds is 4. The summed E-state index contributed by atoms with van der Waals surface area (Å²) in [4.78, 5) is 9.82. The number of anilines is 1. The fourth-order valence-corrected chi connectivity index (χ4v) is 2.66. The van der Waals surface area contributed by atoms with Gasteiger partial charge in [-0.3, -0.25) is 5.10 Å². The van der Waals surface area contributed by atoms with Gasteiger partial charge in [-0.2, -0.15) is 10.1 Å². The lowest BCUT2D eigenvalue weighted by atomic mass is 10.3.